The van der Waals surface area contributed by atoms with Crippen LogP contribution in [0.4, 0.5) is 4.39 Å². The fraction of sp³-hybridized carbons (Fsp3) is 0.250. The molecule has 2 rings (SSSR count). The Morgan fingerprint density at radius 3 is 2.06 bits per heavy atom. The van der Waals surface area contributed by atoms with Crippen LogP contribution in [-0.2, 0) is 12.8 Å². The van der Waals surface area contributed by atoms with Gasteiger partial charge in [-0.2, -0.15) is 0 Å². The molecule has 1 heteroatoms. The highest BCUT2D eigenvalue weighted by molar-refractivity contribution is 5.25. The van der Waals surface area contributed by atoms with Crippen molar-refractivity contribution in [3.05, 3.63) is 71.3 Å². The Hall–Kier alpha value is -1.63. The molecule has 0 heterocycles. The van der Waals surface area contributed by atoms with E-state index in [0.29, 0.717) is 6.42 Å². The molecule has 0 aliphatic rings. The normalized spacial score (nSPS) is 12.4. The molecule has 88 valence electrons. The van der Waals surface area contributed by atoms with Crippen molar-refractivity contribution >= 4 is 0 Å². The zero-order valence-corrected chi connectivity index (χ0v) is 10.1. The Kier molecular flexibility index (Phi) is 3.92. The van der Waals surface area contributed by atoms with Gasteiger partial charge in [-0.05, 0) is 23.1 Å². The molecule has 1 unspecified atom stereocenters. The van der Waals surface area contributed by atoms with Gasteiger partial charge in [-0.25, -0.2) is 4.39 Å². The molecule has 0 aliphatic heterocycles. The lowest BCUT2D eigenvalue weighted by Crippen LogP contribution is -1.96. The number of hydrogen-bond acceptors (Lipinski definition) is 0. The summed E-state index contributed by atoms with van der Waals surface area (Å²) in [5.74, 6) is 0. The topological polar surface area (TPSA) is 0 Å². The highest BCUT2D eigenvalue weighted by atomic mass is 19.1. The monoisotopic (exact) mass is 228 g/mol. The van der Waals surface area contributed by atoms with Gasteiger partial charge in [0.2, 0.25) is 0 Å². The van der Waals surface area contributed by atoms with Crippen LogP contribution in [0, 0.1) is 0 Å². The molecule has 0 amide bonds. The first kappa shape index (κ1) is 11.8. The fourth-order valence-corrected chi connectivity index (χ4v) is 1.90. The Morgan fingerprint density at radius 2 is 1.47 bits per heavy atom. The summed E-state index contributed by atoms with van der Waals surface area (Å²) in [7, 11) is 0. The van der Waals surface area contributed by atoms with E-state index >= 15 is 0 Å². The molecule has 0 radical (unpaired) electrons. The van der Waals surface area contributed by atoms with E-state index < -0.39 is 6.17 Å². The molecule has 0 fully saturated rings. The van der Waals surface area contributed by atoms with Gasteiger partial charge in [0.1, 0.15) is 6.17 Å². The number of halogens is 1. The highest BCUT2D eigenvalue weighted by Gasteiger charge is 2.09. The zero-order valence-electron chi connectivity index (χ0n) is 10.1. The minimum atomic E-state index is -0.913. The minimum Gasteiger partial charge on any atom is -0.242 e. The third-order valence-corrected chi connectivity index (χ3v) is 3.01. The first-order chi connectivity index (χ1) is 8.29. The molecule has 0 spiro atoms. The molecule has 17 heavy (non-hydrogen) atoms. The maximum Gasteiger partial charge on any atom is 0.129 e. The maximum atomic E-state index is 14.0. The van der Waals surface area contributed by atoms with E-state index in [1.807, 2.05) is 42.5 Å². The lowest BCUT2D eigenvalue weighted by Gasteiger charge is -2.09. The maximum absolute atomic E-state index is 14.0. The van der Waals surface area contributed by atoms with Gasteiger partial charge in [0.25, 0.3) is 0 Å². The predicted molar refractivity (Wildman–Crippen MR) is 69.8 cm³/mol. The summed E-state index contributed by atoms with van der Waals surface area (Å²) in [6.07, 6.45) is 0.565. The van der Waals surface area contributed by atoms with Gasteiger partial charge in [0.15, 0.2) is 0 Å². The second-order valence-corrected chi connectivity index (χ2v) is 4.25. The van der Waals surface area contributed by atoms with E-state index in [1.54, 1.807) is 0 Å². The van der Waals surface area contributed by atoms with Crippen LogP contribution in [0.15, 0.2) is 54.6 Å². The molecule has 0 bridgehead atoms. The minimum absolute atomic E-state index is 0.452. The van der Waals surface area contributed by atoms with Crippen LogP contribution < -0.4 is 0 Å². The molecule has 1 atom stereocenters. The second kappa shape index (κ2) is 5.62. The van der Waals surface area contributed by atoms with E-state index in [4.69, 9.17) is 0 Å². The number of alkyl halides is 1. The van der Waals surface area contributed by atoms with Crippen LogP contribution in [0.25, 0.3) is 0 Å². The summed E-state index contributed by atoms with van der Waals surface area (Å²) < 4.78 is 14.0. The van der Waals surface area contributed by atoms with Crippen molar-refractivity contribution < 1.29 is 4.39 Å². The smallest absolute Gasteiger partial charge is 0.129 e. The van der Waals surface area contributed by atoms with Crippen LogP contribution in [0.5, 0.6) is 0 Å². The average molecular weight is 228 g/mol. The predicted octanol–water partition coefficient (Wildman–Crippen LogP) is 4.50. The van der Waals surface area contributed by atoms with Crippen LogP contribution >= 0.6 is 0 Å². The number of benzene rings is 2. The van der Waals surface area contributed by atoms with Crippen molar-refractivity contribution in [1.82, 2.24) is 0 Å². The fourth-order valence-electron chi connectivity index (χ4n) is 1.90. The molecule has 2 aromatic carbocycles. The van der Waals surface area contributed by atoms with Crippen molar-refractivity contribution in [1.29, 1.82) is 0 Å². The Balaban J connectivity index is 2.05. The van der Waals surface area contributed by atoms with Crippen molar-refractivity contribution in [3.63, 3.8) is 0 Å². The second-order valence-electron chi connectivity index (χ2n) is 4.25. The molecule has 0 aromatic heterocycles. The molecule has 0 saturated carbocycles. The van der Waals surface area contributed by atoms with E-state index in [0.717, 1.165) is 17.5 Å². The largest absolute Gasteiger partial charge is 0.242 e. The van der Waals surface area contributed by atoms with Crippen molar-refractivity contribution in [3.8, 4) is 0 Å². The lowest BCUT2D eigenvalue weighted by molar-refractivity contribution is 0.342. The summed E-state index contributed by atoms with van der Waals surface area (Å²) >= 11 is 0. The first-order valence-electron chi connectivity index (χ1n) is 6.06. The van der Waals surface area contributed by atoms with Gasteiger partial charge in [0, 0.05) is 6.42 Å². The standard InChI is InChI=1S/C16H17F/c1-2-13-8-10-14(11-9-13)12-16(17)15-6-4-3-5-7-15/h3-11,16H,2,12H2,1H3. The number of rotatable bonds is 4. The van der Waals surface area contributed by atoms with Gasteiger partial charge in [0.05, 0.1) is 0 Å². The van der Waals surface area contributed by atoms with Gasteiger partial charge >= 0.3 is 0 Å². The first-order valence-corrected chi connectivity index (χ1v) is 6.06. The molecule has 0 aliphatic carbocycles. The van der Waals surface area contributed by atoms with Crippen LogP contribution in [0.3, 0.4) is 0 Å². The van der Waals surface area contributed by atoms with E-state index in [9.17, 15) is 4.39 Å². The van der Waals surface area contributed by atoms with Gasteiger partial charge in [-0.15, -0.1) is 0 Å². The summed E-state index contributed by atoms with van der Waals surface area (Å²) in [6, 6.07) is 17.5. The zero-order chi connectivity index (χ0) is 12.1. The summed E-state index contributed by atoms with van der Waals surface area (Å²) in [6.45, 7) is 2.12. The molecular formula is C16H17F. The molecule has 0 nitrogen and oxygen atoms in total. The Labute approximate surface area is 102 Å². The highest BCUT2D eigenvalue weighted by Crippen LogP contribution is 2.22. The Morgan fingerprint density at radius 1 is 0.882 bits per heavy atom. The summed E-state index contributed by atoms with van der Waals surface area (Å²) in [4.78, 5) is 0. The average Bonchev–Trinajstić information content (AvgIpc) is 2.40. The number of aryl methyl sites for hydroxylation is 1. The van der Waals surface area contributed by atoms with Crippen molar-refractivity contribution in [2.24, 2.45) is 0 Å². The van der Waals surface area contributed by atoms with Gasteiger partial charge < -0.3 is 0 Å². The van der Waals surface area contributed by atoms with Crippen molar-refractivity contribution in [2.45, 2.75) is 25.9 Å². The van der Waals surface area contributed by atoms with Gasteiger partial charge in [-0.1, -0.05) is 61.5 Å². The van der Waals surface area contributed by atoms with Gasteiger partial charge in [-0.3, -0.25) is 0 Å². The Bertz CT molecular complexity index is 445. The molecular weight excluding hydrogens is 211 g/mol. The van der Waals surface area contributed by atoms with Crippen LogP contribution in [0.1, 0.15) is 29.8 Å². The van der Waals surface area contributed by atoms with Crippen molar-refractivity contribution in [2.75, 3.05) is 0 Å². The van der Waals surface area contributed by atoms with Crippen LogP contribution in [0.2, 0.25) is 0 Å². The third kappa shape index (κ3) is 3.16. The summed E-state index contributed by atoms with van der Waals surface area (Å²) in [5, 5.41) is 0. The molecule has 0 N–H and O–H groups in total. The lowest BCUT2D eigenvalue weighted by atomic mass is 10.0. The van der Waals surface area contributed by atoms with Crippen LogP contribution in [-0.4, -0.2) is 0 Å². The number of hydrogen-bond donors (Lipinski definition) is 0. The SMILES string of the molecule is CCc1ccc(CC(F)c2ccccc2)cc1. The third-order valence-electron chi connectivity index (χ3n) is 3.01. The molecule has 2 aromatic rings. The van der Waals surface area contributed by atoms with E-state index in [-0.39, 0.29) is 0 Å². The summed E-state index contributed by atoms with van der Waals surface area (Å²) in [5.41, 5.74) is 3.11. The van der Waals surface area contributed by atoms with E-state index in [2.05, 4.69) is 19.1 Å². The molecule has 0 saturated heterocycles. The van der Waals surface area contributed by atoms with E-state index in [1.165, 1.54) is 5.56 Å². The quantitative estimate of drug-likeness (QED) is 0.722.